The third-order valence-corrected chi connectivity index (χ3v) is 6.11. The number of unbranched alkanes of at least 4 members (excludes halogenated alkanes) is 17. The van der Waals surface area contributed by atoms with Gasteiger partial charge in [-0.25, -0.2) is 0 Å². The molecule has 0 aromatic heterocycles. The second-order valence-corrected chi connectivity index (χ2v) is 9.88. The molecule has 0 aromatic carbocycles. The smallest absolute Gasteiger partial charge is 0.303 e. The summed E-state index contributed by atoms with van der Waals surface area (Å²) in [5, 5.41) is 8.51. The Kier molecular flexibility index (Phi) is 34.0. The van der Waals surface area contributed by atoms with Crippen molar-refractivity contribution in [3.05, 3.63) is 24.3 Å². The lowest BCUT2D eigenvalue weighted by Gasteiger charge is -2.00. The Balaban J connectivity index is 0. The van der Waals surface area contributed by atoms with Crippen LogP contribution < -0.4 is 0 Å². The van der Waals surface area contributed by atoms with Gasteiger partial charge in [-0.05, 0) is 64.2 Å². The molecule has 0 bridgehead atoms. The molecule has 0 aromatic rings. The highest BCUT2D eigenvalue weighted by Crippen LogP contribution is 2.10. The SMILES string of the molecule is CCCCCC/C=C/CCCCCCCCCC(=O)O.CCCCCC/C=C\CCCCOC(C)=O. The molecule has 0 unspecified atom stereocenters. The molecule has 0 fully saturated rings. The first-order valence-electron chi connectivity index (χ1n) is 15.2. The standard InChI is InChI=1S/C18H34O2.C14H26O2/c1-2-3-4-5-6-7-8-9-10-11-12-13-14-15-16-17-18(19)20;1-3-4-5-6-7-8-9-10-11-12-13-16-14(2)15/h7-8H,2-6,9-17H2,1H3,(H,19,20);8-9H,3-7,10-13H2,1-2H3/b8-7+;9-8-. The van der Waals surface area contributed by atoms with Crippen molar-refractivity contribution < 1.29 is 19.4 Å². The number of carboxylic acid groups (broad SMARTS) is 1. The van der Waals surface area contributed by atoms with Crippen LogP contribution in [0.1, 0.15) is 162 Å². The lowest BCUT2D eigenvalue weighted by molar-refractivity contribution is -0.141. The van der Waals surface area contributed by atoms with Crippen molar-refractivity contribution >= 4 is 11.9 Å². The van der Waals surface area contributed by atoms with Crippen LogP contribution in [0.5, 0.6) is 0 Å². The van der Waals surface area contributed by atoms with Crippen molar-refractivity contribution in [2.75, 3.05) is 6.61 Å². The van der Waals surface area contributed by atoms with Crippen molar-refractivity contribution in [3.8, 4) is 0 Å². The highest BCUT2D eigenvalue weighted by molar-refractivity contribution is 5.66. The Labute approximate surface area is 224 Å². The Morgan fingerprint density at radius 2 is 0.917 bits per heavy atom. The van der Waals surface area contributed by atoms with Crippen LogP contribution in [-0.2, 0) is 14.3 Å². The Hall–Kier alpha value is -1.58. The molecule has 0 saturated heterocycles. The van der Waals surface area contributed by atoms with E-state index >= 15 is 0 Å². The van der Waals surface area contributed by atoms with E-state index in [9.17, 15) is 9.59 Å². The first-order chi connectivity index (χ1) is 17.5. The van der Waals surface area contributed by atoms with Crippen LogP contribution in [0, 0.1) is 0 Å². The van der Waals surface area contributed by atoms with Crippen molar-refractivity contribution in [2.45, 2.75) is 162 Å². The van der Waals surface area contributed by atoms with Gasteiger partial charge in [0.25, 0.3) is 0 Å². The van der Waals surface area contributed by atoms with Crippen LogP contribution in [0.15, 0.2) is 24.3 Å². The van der Waals surface area contributed by atoms with Crippen LogP contribution in [-0.4, -0.2) is 23.7 Å². The largest absolute Gasteiger partial charge is 0.481 e. The third kappa shape index (κ3) is 39.6. The number of carbonyl (C=O) groups excluding carboxylic acids is 1. The maximum absolute atomic E-state index is 10.5. The highest BCUT2D eigenvalue weighted by atomic mass is 16.5. The van der Waals surface area contributed by atoms with Crippen molar-refractivity contribution in [2.24, 2.45) is 0 Å². The minimum absolute atomic E-state index is 0.175. The van der Waals surface area contributed by atoms with E-state index in [0.717, 1.165) is 32.1 Å². The van der Waals surface area contributed by atoms with Gasteiger partial charge in [0.2, 0.25) is 0 Å². The van der Waals surface area contributed by atoms with Gasteiger partial charge in [0.1, 0.15) is 0 Å². The summed E-state index contributed by atoms with van der Waals surface area (Å²) in [6.45, 7) is 6.51. The lowest BCUT2D eigenvalue weighted by Crippen LogP contribution is -1.99. The zero-order valence-corrected chi connectivity index (χ0v) is 24.2. The van der Waals surface area contributed by atoms with Crippen molar-refractivity contribution in [3.63, 3.8) is 0 Å². The topological polar surface area (TPSA) is 63.6 Å². The van der Waals surface area contributed by atoms with Crippen molar-refractivity contribution in [1.29, 1.82) is 0 Å². The van der Waals surface area contributed by atoms with Crippen LogP contribution in [0.3, 0.4) is 0 Å². The molecule has 1 N–H and O–H groups in total. The van der Waals surface area contributed by atoms with E-state index in [2.05, 4.69) is 38.2 Å². The van der Waals surface area contributed by atoms with E-state index in [0.29, 0.717) is 13.0 Å². The summed E-state index contributed by atoms with van der Waals surface area (Å²) in [6.07, 6.45) is 35.5. The summed E-state index contributed by atoms with van der Waals surface area (Å²) in [5.74, 6) is -0.835. The highest BCUT2D eigenvalue weighted by Gasteiger charge is 1.96. The summed E-state index contributed by atoms with van der Waals surface area (Å²) in [5.41, 5.74) is 0. The molecular weight excluding hydrogens is 448 g/mol. The summed E-state index contributed by atoms with van der Waals surface area (Å²) < 4.78 is 4.85. The number of carbonyl (C=O) groups is 2. The van der Waals surface area contributed by atoms with Gasteiger partial charge in [-0.1, -0.05) is 109 Å². The van der Waals surface area contributed by atoms with E-state index < -0.39 is 5.97 Å². The minimum Gasteiger partial charge on any atom is -0.481 e. The number of esters is 1. The molecule has 4 heteroatoms. The fourth-order valence-electron chi connectivity index (χ4n) is 3.85. The quantitative estimate of drug-likeness (QED) is 0.0756. The van der Waals surface area contributed by atoms with Crippen LogP contribution in [0.25, 0.3) is 0 Å². The Morgan fingerprint density at radius 3 is 1.31 bits per heavy atom. The summed E-state index contributed by atoms with van der Waals surface area (Å²) in [4.78, 5) is 20.8. The minimum atomic E-state index is -0.661. The number of ether oxygens (including phenoxy) is 1. The summed E-state index contributed by atoms with van der Waals surface area (Å²) >= 11 is 0. The monoisotopic (exact) mass is 508 g/mol. The number of hydrogen-bond acceptors (Lipinski definition) is 3. The molecule has 0 spiro atoms. The number of aliphatic carboxylic acids is 1. The molecule has 0 saturated carbocycles. The normalized spacial score (nSPS) is 11.1. The van der Waals surface area contributed by atoms with Crippen LogP contribution in [0.2, 0.25) is 0 Å². The molecule has 4 nitrogen and oxygen atoms in total. The molecule has 0 rings (SSSR count). The predicted octanol–water partition coefficient (Wildman–Crippen LogP) is 10.4. The molecule has 0 heterocycles. The molecule has 212 valence electrons. The second kappa shape index (κ2) is 33.4. The Morgan fingerprint density at radius 1 is 0.556 bits per heavy atom. The molecule has 0 aliphatic carbocycles. The molecule has 36 heavy (non-hydrogen) atoms. The lowest BCUT2D eigenvalue weighted by atomic mass is 10.1. The van der Waals surface area contributed by atoms with Crippen LogP contribution >= 0.6 is 0 Å². The average Bonchev–Trinajstić information content (AvgIpc) is 2.85. The molecule has 0 aliphatic heterocycles. The van der Waals surface area contributed by atoms with Gasteiger partial charge in [0, 0.05) is 13.3 Å². The van der Waals surface area contributed by atoms with E-state index in [1.165, 1.54) is 110 Å². The van der Waals surface area contributed by atoms with E-state index in [1.54, 1.807) is 0 Å². The summed E-state index contributed by atoms with van der Waals surface area (Å²) in [7, 11) is 0. The number of hydrogen-bond donors (Lipinski definition) is 1. The average molecular weight is 509 g/mol. The van der Waals surface area contributed by atoms with Gasteiger partial charge in [-0.3, -0.25) is 9.59 Å². The fraction of sp³-hybridized carbons (Fsp3) is 0.812. The molecule has 0 amide bonds. The van der Waals surface area contributed by atoms with Gasteiger partial charge in [0.05, 0.1) is 6.61 Å². The first-order valence-corrected chi connectivity index (χ1v) is 15.2. The van der Waals surface area contributed by atoms with Gasteiger partial charge in [0.15, 0.2) is 0 Å². The Bertz CT molecular complexity index is 510. The summed E-state index contributed by atoms with van der Waals surface area (Å²) in [6, 6.07) is 0. The van der Waals surface area contributed by atoms with Crippen LogP contribution in [0.4, 0.5) is 0 Å². The molecule has 0 radical (unpaired) electrons. The third-order valence-electron chi connectivity index (χ3n) is 6.11. The van der Waals surface area contributed by atoms with Gasteiger partial charge in [-0.2, -0.15) is 0 Å². The van der Waals surface area contributed by atoms with E-state index in [4.69, 9.17) is 9.84 Å². The zero-order chi connectivity index (χ0) is 27.0. The van der Waals surface area contributed by atoms with Gasteiger partial charge < -0.3 is 9.84 Å². The number of allylic oxidation sites excluding steroid dienone is 4. The maximum Gasteiger partial charge on any atom is 0.303 e. The van der Waals surface area contributed by atoms with Gasteiger partial charge in [-0.15, -0.1) is 0 Å². The van der Waals surface area contributed by atoms with Gasteiger partial charge >= 0.3 is 11.9 Å². The zero-order valence-electron chi connectivity index (χ0n) is 24.2. The van der Waals surface area contributed by atoms with Crippen molar-refractivity contribution in [1.82, 2.24) is 0 Å². The molecule has 0 aliphatic rings. The first kappa shape index (κ1) is 36.6. The number of carboxylic acids is 1. The number of rotatable bonds is 25. The fourth-order valence-corrected chi connectivity index (χ4v) is 3.85. The van der Waals surface area contributed by atoms with E-state index in [1.807, 2.05) is 0 Å². The molecule has 0 atom stereocenters. The second-order valence-electron chi connectivity index (χ2n) is 9.88. The maximum atomic E-state index is 10.5. The molecular formula is C32H60O4. The predicted molar refractivity (Wildman–Crippen MR) is 155 cm³/mol. The van der Waals surface area contributed by atoms with E-state index in [-0.39, 0.29) is 5.97 Å².